The summed E-state index contributed by atoms with van der Waals surface area (Å²) in [5, 5.41) is 20.7. The molecule has 9 nitrogen and oxygen atoms in total. The Morgan fingerprint density at radius 2 is 1.95 bits per heavy atom. The topological polar surface area (TPSA) is 124 Å². The highest BCUT2D eigenvalue weighted by Gasteiger charge is 2.28. The fourth-order valence-electron chi connectivity index (χ4n) is 5.19. The predicted molar refractivity (Wildman–Crippen MR) is 153 cm³/mol. The number of nitrogens with one attached hydrogen (secondary N) is 3. The van der Waals surface area contributed by atoms with Gasteiger partial charge in [-0.25, -0.2) is 8.42 Å². The molecule has 38 heavy (non-hydrogen) atoms. The van der Waals surface area contributed by atoms with Gasteiger partial charge in [0.1, 0.15) is 5.76 Å². The van der Waals surface area contributed by atoms with Crippen molar-refractivity contribution < 1.29 is 22.7 Å². The Labute approximate surface area is 232 Å². The molecule has 1 saturated carbocycles. The zero-order valence-electron chi connectivity index (χ0n) is 22.0. The normalized spacial score (nSPS) is 19.3. The van der Waals surface area contributed by atoms with E-state index >= 15 is 0 Å². The summed E-state index contributed by atoms with van der Waals surface area (Å²) >= 11 is 0. The molecule has 0 radical (unpaired) electrons. The van der Waals surface area contributed by atoms with Gasteiger partial charge in [-0.1, -0.05) is 19.3 Å². The second kappa shape index (κ2) is 14.2. The van der Waals surface area contributed by atoms with E-state index in [0.29, 0.717) is 61.2 Å². The summed E-state index contributed by atoms with van der Waals surface area (Å²) in [6.07, 6.45) is 8.34. The number of carbonyl (C=O) groups is 1. The maximum atomic E-state index is 13.5. The van der Waals surface area contributed by atoms with Crippen LogP contribution in [0.15, 0.2) is 41.0 Å². The van der Waals surface area contributed by atoms with Crippen LogP contribution in [0.2, 0.25) is 0 Å². The summed E-state index contributed by atoms with van der Waals surface area (Å²) in [7, 11) is -3.43. The van der Waals surface area contributed by atoms with Crippen molar-refractivity contribution in [1.29, 1.82) is 0 Å². The zero-order valence-corrected chi connectivity index (χ0v) is 23.7. The molecule has 2 aliphatic rings. The lowest BCUT2D eigenvalue weighted by molar-refractivity contribution is 0.0814. The molecule has 212 valence electrons. The molecule has 11 heteroatoms. The van der Waals surface area contributed by atoms with E-state index in [0.717, 1.165) is 19.3 Å². The highest BCUT2D eigenvalue weighted by molar-refractivity contribution is 7.92. The van der Waals surface area contributed by atoms with Crippen LogP contribution in [0.4, 0.5) is 11.4 Å². The molecule has 2 aromatic rings. The number of aliphatic hydroxyl groups excluding tert-OH is 1. The number of furan rings is 1. The first-order chi connectivity index (χ1) is 17.9. The maximum absolute atomic E-state index is 13.5. The summed E-state index contributed by atoms with van der Waals surface area (Å²) in [5.74, 6) is 0.401. The van der Waals surface area contributed by atoms with E-state index in [4.69, 9.17) is 4.42 Å². The van der Waals surface area contributed by atoms with E-state index in [9.17, 15) is 18.3 Å². The fraction of sp³-hybridized carbons (Fsp3) is 0.593. The maximum Gasteiger partial charge on any atom is 0.251 e. The van der Waals surface area contributed by atoms with Gasteiger partial charge in [-0.15, -0.1) is 12.4 Å². The minimum atomic E-state index is -3.43. The largest absolute Gasteiger partial charge is 0.469 e. The molecule has 2 heterocycles. The third-order valence-corrected chi connectivity index (χ3v) is 9.07. The van der Waals surface area contributed by atoms with Crippen molar-refractivity contribution in [1.82, 2.24) is 10.6 Å². The van der Waals surface area contributed by atoms with E-state index < -0.39 is 22.2 Å². The summed E-state index contributed by atoms with van der Waals surface area (Å²) in [6.45, 7) is 3.33. The first-order valence-corrected chi connectivity index (χ1v) is 15.1. The minimum Gasteiger partial charge on any atom is -0.469 e. The van der Waals surface area contributed by atoms with Gasteiger partial charge in [-0.2, -0.15) is 0 Å². The van der Waals surface area contributed by atoms with E-state index in [-0.39, 0.29) is 24.1 Å². The van der Waals surface area contributed by atoms with Gasteiger partial charge in [-0.3, -0.25) is 9.10 Å². The Balaban J connectivity index is 0.00000400. The lowest BCUT2D eigenvalue weighted by Crippen LogP contribution is -2.50. The monoisotopic (exact) mass is 568 g/mol. The van der Waals surface area contributed by atoms with Crippen molar-refractivity contribution in [2.24, 2.45) is 0 Å². The number of hydrogen-bond donors (Lipinski definition) is 4. The van der Waals surface area contributed by atoms with Crippen LogP contribution in [-0.2, 0) is 16.4 Å². The van der Waals surface area contributed by atoms with Crippen LogP contribution in [0.3, 0.4) is 0 Å². The molecule has 2 atom stereocenters. The van der Waals surface area contributed by atoms with Crippen molar-refractivity contribution in [3.8, 4) is 0 Å². The number of amides is 1. The van der Waals surface area contributed by atoms with Crippen LogP contribution < -0.4 is 20.3 Å². The second-order valence-corrected chi connectivity index (χ2v) is 12.1. The van der Waals surface area contributed by atoms with Crippen LogP contribution in [0.25, 0.3) is 0 Å². The average molecular weight is 569 g/mol. The molecule has 1 saturated heterocycles. The van der Waals surface area contributed by atoms with Crippen molar-refractivity contribution in [2.75, 3.05) is 35.0 Å². The van der Waals surface area contributed by atoms with Crippen LogP contribution in [-0.4, -0.2) is 63.0 Å². The lowest BCUT2D eigenvalue weighted by atomic mass is 9.95. The molecule has 0 spiro atoms. The predicted octanol–water partition coefficient (Wildman–Crippen LogP) is 3.69. The highest BCUT2D eigenvalue weighted by Crippen LogP contribution is 2.28. The van der Waals surface area contributed by atoms with Crippen LogP contribution in [0.1, 0.15) is 68.0 Å². The number of carbonyl (C=O) groups excluding carboxylic acids is 1. The summed E-state index contributed by atoms with van der Waals surface area (Å²) in [5.41, 5.74) is 1.49. The van der Waals surface area contributed by atoms with E-state index in [1.54, 1.807) is 30.5 Å². The minimum absolute atomic E-state index is 0. The summed E-state index contributed by atoms with van der Waals surface area (Å²) < 4.78 is 32.4. The number of sulfonamides is 1. The van der Waals surface area contributed by atoms with Gasteiger partial charge < -0.3 is 25.5 Å². The van der Waals surface area contributed by atoms with E-state index in [2.05, 4.69) is 16.0 Å². The van der Waals surface area contributed by atoms with Crippen molar-refractivity contribution >= 4 is 39.7 Å². The molecule has 0 bridgehead atoms. The molecule has 1 aromatic heterocycles. The number of hydrogen-bond acceptors (Lipinski definition) is 7. The molecule has 1 aliphatic carbocycles. The van der Waals surface area contributed by atoms with Gasteiger partial charge in [0.2, 0.25) is 10.0 Å². The molecule has 2 fully saturated rings. The standard InChI is InChI=1S/C27H40N4O5S.ClH/c1-2-28-22-15-20(16-23(17-22)31-12-6-7-14-37(31,34)35)27(33)30-25(18-24-11-8-13-36-24)26(32)19-29-21-9-4-3-5-10-21;/h8,11,13,15-17,21,25-26,28-29,32H,2-7,9-10,12,14,18-19H2,1H3,(H,30,33);1H/t25-,26+;/m0./s1. The lowest BCUT2D eigenvalue weighted by Gasteiger charge is -2.30. The van der Waals surface area contributed by atoms with E-state index in [1.807, 2.05) is 13.0 Å². The second-order valence-electron chi connectivity index (χ2n) is 10.1. The number of halogens is 1. The fourth-order valence-corrected chi connectivity index (χ4v) is 6.81. The van der Waals surface area contributed by atoms with Gasteiger partial charge in [0.05, 0.1) is 29.8 Å². The Hall–Kier alpha value is -2.27. The van der Waals surface area contributed by atoms with Crippen LogP contribution in [0, 0.1) is 0 Å². The van der Waals surface area contributed by atoms with Crippen LogP contribution in [0.5, 0.6) is 0 Å². The zero-order chi connectivity index (χ0) is 26.3. The van der Waals surface area contributed by atoms with Gasteiger partial charge >= 0.3 is 0 Å². The van der Waals surface area contributed by atoms with Crippen molar-refractivity contribution in [3.05, 3.63) is 47.9 Å². The Morgan fingerprint density at radius 3 is 2.63 bits per heavy atom. The molecule has 1 aliphatic heterocycles. The molecule has 1 aromatic carbocycles. The molecular weight excluding hydrogens is 528 g/mol. The molecule has 4 N–H and O–H groups in total. The molecule has 1 amide bonds. The number of benzene rings is 1. The van der Waals surface area contributed by atoms with Gasteiger partial charge in [0, 0.05) is 43.3 Å². The molecular formula is C27H41ClN4O5S. The van der Waals surface area contributed by atoms with Gasteiger partial charge in [0.15, 0.2) is 0 Å². The van der Waals surface area contributed by atoms with Crippen LogP contribution >= 0.6 is 12.4 Å². The summed E-state index contributed by atoms with van der Waals surface area (Å²) in [4.78, 5) is 13.5. The highest BCUT2D eigenvalue weighted by atomic mass is 35.5. The number of aliphatic hydroxyl groups is 1. The average Bonchev–Trinajstić information content (AvgIpc) is 3.40. The first-order valence-electron chi connectivity index (χ1n) is 13.5. The third kappa shape index (κ3) is 8.11. The third-order valence-electron chi connectivity index (χ3n) is 7.20. The SMILES string of the molecule is CCNc1cc(C(=O)N[C@@H](Cc2ccco2)[C@H](O)CNC2CCCCC2)cc(N2CCCCS2(=O)=O)c1.Cl. The summed E-state index contributed by atoms with van der Waals surface area (Å²) in [6, 6.07) is 8.52. The molecule has 0 unspecified atom stereocenters. The van der Waals surface area contributed by atoms with Crippen molar-refractivity contribution in [3.63, 3.8) is 0 Å². The Bertz CT molecular complexity index is 1120. The first kappa shape index (κ1) is 30.3. The number of rotatable bonds is 11. The van der Waals surface area contributed by atoms with Gasteiger partial charge in [0.25, 0.3) is 5.91 Å². The quantitative estimate of drug-likeness (QED) is 0.326. The Kier molecular flexibility index (Phi) is 11.3. The van der Waals surface area contributed by atoms with Crippen molar-refractivity contribution in [2.45, 2.75) is 76.5 Å². The smallest absolute Gasteiger partial charge is 0.251 e. The molecule has 4 rings (SSSR count). The van der Waals surface area contributed by atoms with Gasteiger partial charge in [-0.05, 0) is 62.9 Å². The Morgan fingerprint density at radius 1 is 1.16 bits per heavy atom. The number of nitrogens with zero attached hydrogens (tertiary/aromatic N) is 1. The number of anilines is 2. The van der Waals surface area contributed by atoms with E-state index in [1.165, 1.54) is 23.6 Å².